The number of alkyl halides is 3. The van der Waals surface area contributed by atoms with Crippen LogP contribution < -0.4 is 0 Å². The van der Waals surface area contributed by atoms with Gasteiger partial charge in [-0.2, -0.15) is 13.2 Å². The maximum atomic E-state index is 12.0. The first-order chi connectivity index (χ1) is 5.84. The van der Waals surface area contributed by atoms with E-state index >= 15 is 0 Å². The molecule has 6 nitrogen and oxygen atoms in total. The molecule has 0 unspecified atom stereocenters. The summed E-state index contributed by atoms with van der Waals surface area (Å²) >= 11 is 0. The van der Waals surface area contributed by atoms with E-state index in [0.29, 0.717) is 4.68 Å². The van der Waals surface area contributed by atoms with Crippen LogP contribution in [0.2, 0.25) is 0 Å². The molecular formula is C4H3F3N4O2. The number of halogens is 3. The van der Waals surface area contributed by atoms with Crippen LogP contribution in [0.1, 0.15) is 5.69 Å². The molecule has 9 heteroatoms. The first-order valence-corrected chi connectivity index (χ1v) is 2.95. The molecular weight excluding hydrogens is 193 g/mol. The molecule has 0 radical (unpaired) electrons. The fourth-order valence-corrected chi connectivity index (χ4v) is 0.740. The Kier molecular flexibility index (Phi) is 1.94. The molecule has 1 heterocycles. The topological polar surface area (TPSA) is 73.8 Å². The second-order valence-electron chi connectivity index (χ2n) is 2.14. The Morgan fingerprint density at radius 1 is 1.54 bits per heavy atom. The van der Waals surface area contributed by atoms with Gasteiger partial charge in [-0.25, -0.2) is 0 Å². The average Bonchev–Trinajstić information content (AvgIpc) is 2.28. The van der Waals surface area contributed by atoms with Crippen molar-refractivity contribution in [3.63, 3.8) is 0 Å². The van der Waals surface area contributed by atoms with Crippen LogP contribution in [-0.4, -0.2) is 19.9 Å². The largest absolute Gasteiger partial charge is 0.443 e. The highest BCUT2D eigenvalue weighted by Crippen LogP contribution is 2.33. The number of hydrogen-bond acceptors (Lipinski definition) is 4. The van der Waals surface area contributed by atoms with Crippen molar-refractivity contribution in [2.75, 3.05) is 0 Å². The van der Waals surface area contributed by atoms with Crippen LogP contribution in [0.4, 0.5) is 19.0 Å². The number of aromatic nitrogens is 3. The molecule has 0 saturated carbocycles. The third kappa shape index (κ3) is 1.58. The van der Waals surface area contributed by atoms with Gasteiger partial charge in [0.25, 0.3) is 5.69 Å². The fraction of sp³-hybridized carbons (Fsp3) is 0.500. The first-order valence-electron chi connectivity index (χ1n) is 2.95. The summed E-state index contributed by atoms with van der Waals surface area (Å²) < 4.78 is 36.5. The summed E-state index contributed by atoms with van der Waals surface area (Å²) in [5.41, 5.74) is -1.58. The smallest absolute Gasteiger partial charge is 0.358 e. The Balaban J connectivity index is 3.31. The summed E-state index contributed by atoms with van der Waals surface area (Å²) in [6.07, 6.45) is -4.85. The Morgan fingerprint density at radius 2 is 2.08 bits per heavy atom. The summed E-state index contributed by atoms with van der Waals surface area (Å²) in [6, 6.07) is 0. The monoisotopic (exact) mass is 196 g/mol. The van der Waals surface area contributed by atoms with E-state index in [2.05, 4.69) is 10.3 Å². The molecule has 0 fully saturated rings. The molecule has 0 spiro atoms. The molecule has 1 rings (SSSR count). The lowest BCUT2D eigenvalue weighted by atomic mass is 10.4. The van der Waals surface area contributed by atoms with Crippen LogP contribution in [0.15, 0.2) is 0 Å². The zero-order valence-electron chi connectivity index (χ0n) is 6.24. The fourth-order valence-electron chi connectivity index (χ4n) is 0.740. The molecule has 1 aromatic heterocycles. The average molecular weight is 196 g/mol. The van der Waals surface area contributed by atoms with Crippen LogP contribution in [0.3, 0.4) is 0 Å². The quantitative estimate of drug-likeness (QED) is 0.490. The molecule has 1 aromatic rings. The Hall–Kier alpha value is -1.67. The van der Waals surface area contributed by atoms with Gasteiger partial charge in [0.15, 0.2) is 0 Å². The standard InChI is InChI=1S/C4H3F3N4O2/c1-10-3(11(12)13)2(8-9-10)4(5,6)7/h1H3. The van der Waals surface area contributed by atoms with E-state index in [9.17, 15) is 23.3 Å². The van der Waals surface area contributed by atoms with Crippen molar-refractivity contribution in [3.8, 4) is 0 Å². The minimum Gasteiger partial charge on any atom is -0.358 e. The van der Waals surface area contributed by atoms with E-state index in [1.807, 2.05) is 0 Å². The number of nitro groups is 1. The Bertz CT molecular complexity index is 344. The van der Waals surface area contributed by atoms with Crippen LogP contribution in [0.25, 0.3) is 0 Å². The third-order valence-corrected chi connectivity index (χ3v) is 1.24. The second kappa shape index (κ2) is 2.68. The van der Waals surface area contributed by atoms with E-state index in [1.165, 1.54) is 0 Å². The first kappa shape index (κ1) is 9.42. The number of rotatable bonds is 1. The van der Waals surface area contributed by atoms with Gasteiger partial charge in [-0.3, -0.25) is 0 Å². The molecule has 0 saturated heterocycles. The Morgan fingerprint density at radius 3 is 2.38 bits per heavy atom. The summed E-state index contributed by atoms with van der Waals surface area (Å²) in [5, 5.41) is 15.7. The summed E-state index contributed by atoms with van der Waals surface area (Å²) in [6.45, 7) is 0. The van der Waals surface area contributed by atoms with E-state index in [-0.39, 0.29) is 0 Å². The van der Waals surface area contributed by atoms with Gasteiger partial charge in [0.2, 0.25) is 0 Å². The third-order valence-electron chi connectivity index (χ3n) is 1.24. The van der Waals surface area contributed by atoms with Crippen LogP contribution >= 0.6 is 0 Å². The van der Waals surface area contributed by atoms with Crippen LogP contribution in [-0.2, 0) is 13.2 Å². The van der Waals surface area contributed by atoms with Crippen molar-refractivity contribution < 1.29 is 18.1 Å². The van der Waals surface area contributed by atoms with Crippen molar-refractivity contribution in [1.82, 2.24) is 15.0 Å². The van der Waals surface area contributed by atoms with Gasteiger partial charge < -0.3 is 10.1 Å². The maximum absolute atomic E-state index is 12.0. The lowest BCUT2D eigenvalue weighted by molar-refractivity contribution is -0.395. The van der Waals surface area contributed by atoms with Gasteiger partial charge >= 0.3 is 12.0 Å². The highest BCUT2D eigenvalue weighted by Gasteiger charge is 2.43. The molecule has 0 bridgehead atoms. The molecule has 0 aliphatic heterocycles. The predicted molar refractivity (Wildman–Crippen MR) is 32.7 cm³/mol. The van der Waals surface area contributed by atoms with Crippen molar-refractivity contribution in [2.24, 2.45) is 7.05 Å². The second-order valence-corrected chi connectivity index (χ2v) is 2.14. The lowest BCUT2D eigenvalue weighted by Crippen LogP contribution is -2.10. The SMILES string of the molecule is Cn1nnc(C(F)(F)F)c1[N+](=O)[O-]. The van der Waals surface area contributed by atoms with Gasteiger partial charge in [0, 0.05) is 5.21 Å². The normalized spacial score (nSPS) is 11.7. The minimum atomic E-state index is -4.85. The van der Waals surface area contributed by atoms with Gasteiger partial charge in [-0.1, -0.05) is 5.10 Å². The molecule has 0 aromatic carbocycles. The maximum Gasteiger partial charge on any atom is 0.443 e. The van der Waals surface area contributed by atoms with Crippen LogP contribution in [0.5, 0.6) is 0 Å². The van der Waals surface area contributed by atoms with Gasteiger partial charge in [-0.05, 0) is 4.92 Å². The van der Waals surface area contributed by atoms with Gasteiger partial charge in [0.1, 0.15) is 7.05 Å². The van der Waals surface area contributed by atoms with Gasteiger partial charge in [-0.15, -0.1) is 4.68 Å². The van der Waals surface area contributed by atoms with E-state index < -0.39 is 22.6 Å². The molecule has 0 amide bonds. The van der Waals surface area contributed by atoms with Crippen LogP contribution in [0, 0.1) is 10.1 Å². The predicted octanol–water partition coefficient (Wildman–Crippen LogP) is 0.742. The van der Waals surface area contributed by atoms with Crippen molar-refractivity contribution in [3.05, 3.63) is 15.8 Å². The number of aryl methyl sites for hydroxylation is 1. The number of hydrogen-bond donors (Lipinski definition) is 0. The van der Waals surface area contributed by atoms with E-state index in [1.54, 1.807) is 0 Å². The summed E-state index contributed by atoms with van der Waals surface area (Å²) in [5.74, 6) is -1.16. The highest BCUT2D eigenvalue weighted by molar-refractivity contribution is 5.27. The highest BCUT2D eigenvalue weighted by atomic mass is 19.4. The van der Waals surface area contributed by atoms with Crippen molar-refractivity contribution in [2.45, 2.75) is 6.18 Å². The van der Waals surface area contributed by atoms with Crippen molar-refractivity contribution >= 4 is 5.82 Å². The van der Waals surface area contributed by atoms with Crippen molar-refractivity contribution in [1.29, 1.82) is 0 Å². The minimum absolute atomic E-state index is 0.461. The Labute approximate surface area is 69.1 Å². The molecule has 72 valence electrons. The van der Waals surface area contributed by atoms with E-state index in [0.717, 1.165) is 7.05 Å². The van der Waals surface area contributed by atoms with Gasteiger partial charge in [0.05, 0.1) is 0 Å². The summed E-state index contributed by atoms with van der Waals surface area (Å²) in [7, 11) is 1.01. The number of nitrogens with zero attached hydrogens (tertiary/aromatic N) is 4. The zero-order valence-corrected chi connectivity index (χ0v) is 6.24. The molecule has 0 aliphatic carbocycles. The molecule has 0 aliphatic rings. The zero-order chi connectivity index (χ0) is 10.2. The van der Waals surface area contributed by atoms with E-state index in [4.69, 9.17) is 0 Å². The summed E-state index contributed by atoms with van der Waals surface area (Å²) in [4.78, 5) is 8.98. The molecule has 0 atom stereocenters. The molecule has 13 heavy (non-hydrogen) atoms. The molecule has 0 N–H and O–H groups in total. The lowest BCUT2D eigenvalue weighted by Gasteiger charge is -2.00.